The van der Waals surface area contributed by atoms with Gasteiger partial charge in [-0.15, -0.1) is 0 Å². The molecule has 3 aromatic carbocycles. The SMILES string of the molecule is CC(=N)Cc1ccc2c(c1)CC(c1ccc(C3=Nc4ccc(CC(=N)N)cc4C3)cc1)=N2. The van der Waals surface area contributed by atoms with Gasteiger partial charge in [0.05, 0.1) is 28.6 Å². The monoisotopic (exact) mass is 419 g/mol. The predicted molar refractivity (Wildman–Crippen MR) is 132 cm³/mol. The maximum atomic E-state index is 7.72. The molecule has 0 amide bonds. The van der Waals surface area contributed by atoms with Crippen molar-refractivity contribution in [1.82, 2.24) is 0 Å². The Hall–Kier alpha value is -3.86. The molecule has 0 bridgehead atoms. The fraction of sp³-hybridized carbons (Fsp3) is 0.185. The number of hydrogen-bond donors (Lipinski definition) is 3. The number of nitrogens with one attached hydrogen (secondary N) is 2. The van der Waals surface area contributed by atoms with Crippen LogP contribution in [0.1, 0.15) is 40.3 Å². The average molecular weight is 420 g/mol. The first kappa shape index (κ1) is 20.1. The van der Waals surface area contributed by atoms with Gasteiger partial charge >= 0.3 is 0 Å². The molecule has 2 aliphatic heterocycles. The summed E-state index contributed by atoms with van der Waals surface area (Å²) in [5.74, 6) is 0.178. The Kier molecular flexibility index (Phi) is 5.02. The van der Waals surface area contributed by atoms with Crippen molar-refractivity contribution in [3.05, 3.63) is 94.0 Å². The molecule has 0 saturated carbocycles. The van der Waals surface area contributed by atoms with Gasteiger partial charge in [-0.1, -0.05) is 48.5 Å². The summed E-state index contributed by atoms with van der Waals surface area (Å²) in [5.41, 5.74) is 17.3. The van der Waals surface area contributed by atoms with Crippen LogP contribution in [0.4, 0.5) is 11.4 Å². The largest absolute Gasteiger partial charge is 0.387 e. The maximum absolute atomic E-state index is 7.72. The van der Waals surface area contributed by atoms with Crippen molar-refractivity contribution in [1.29, 1.82) is 10.8 Å². The molecule has 0 atom stereocenters. The zero-order valence-electron chi connectivity index (χ0n) is 18.1. The van der Waals surface area contributed by atoms with Crippen LogP contribution in [-0.4, -0.2) is 23.0 Å². The van der Waals surface area contributed by atoms with Gasteiger partial charge in [0.25, 0.3) is 0 Å². The lowest BCUT2D eigenvalue weighted by Gasteiger charge is -2.05. The van der Waals surface area contributed by atoms with Crippen molar-refractivity contribution in [2.45, 2.75) is 32.6 Å². The normalized spacial score (nSPS) is 13.9. The van der Waals surface area contributed by atoms with Crippen LogP contribution in [0, 0.1) is 10.8 Å². The molecule has 5 heteroatoms. The van der Waals surface area contributed by atoms with Crippen LogP contribution in [0.15, 0.2) is 70.6 Å². The summed E-state index contributed by atoms with van der Waals surface area (Å²) >= 11 is 0. The summed E-state index contributed by atoms with van der Waals surface area (Å²) in [6, 6.07) is 21.0. The van der Waals surface area contributed by atoms with Gasteiger partial charge in [0, 0.05) is 31.4 Å². The highest BCUT2D eigenvalue weighted by Crippen LogP contribution is 2.32. The second-order valence-corrected chi connectivity index (χ2v) is 8.63. The predicted octanol–water partition coefficient (Wildman–Crippen LogP) is 5.10. The van der Waals surface area contributed by atoms with Crippen molar-refractivity contribution in [2.24, 2.45) is 15.7 Å². The third kappa shape index (κ3) is 4.02. The first-order valence-electron chi connectivity index (χ1n) is 10.8. The summed E-state index contributed by atoms with van der Waals surface area (Å²) in [6.07, 6.45) is 2.79. The molecule has 2 heterocycles. The number of nitrogens with two attached hydrogens (primary N) is 1. The highest BCUT2D eigenvalue weighted by molar-refractivity contribution is 6.09. The van der Waals surface area contributed by atoms with E-state index in [9.17, 15) is 0 Å². The highest BCUT2D eigenvalue weighted by Gasteiger charge is 2.19. The summed E-state index contributed by atoms with van der Waals surface area (Å²) < 4.78 is 0. The lowest BCUT2D eigenvalue weighted by molar-refractivity contribution is 1.23. The standard InChI is InChI=1S/C27H25N5/c1-16(28)10-17-2-8-23-21(11-17)14-25(31-23)19-4-6-20(7-5-19)26-15-22-12-18(13-27(29)30)3-9-24(22)32-26/h2-9,11-12,28H,10,13-15H2,1H3,(H3,29,30). The third-order valence-corrected chi connectivity index (χ3v) is 5.93. The molecule has 4 N–H and O–H groups in total. The smallest absolute Gasteiger partial charge is 0.0950 e. The first-order valence-corrected chi connectivity index (χ1v) is 10.8. The van der Waals surface area contributed by atoms with E-state index in [1.165, 1.54) is 16.7 Å². The zero-order chi connectivity index (χ0) is 22.2. The molecule has 2 aliphatic rings. The van der Waals surface area contributed by atoms with E-state index in [4.69, 9.17) is 26.5 Å². The number of hydrogen-bond acceptors (Lipinski definition) is 4. The molecule has 158 valence electrons. The van der Waals surface area contributed by atoms with E-state index in [1.54, 1.807) is 0 Å². The van der Waals surface area contributed by atoms with Gasteiger partial charge in [0.1, 0.15) is 0 Å². The van der Waals surface area contributed by atoms with Crippen molar-refractivity contribution in [3.8, 4) is 0 Å². The van der Waals surface area contributed by atoms with E-state index >= 15 is 0 Å². The van der Waals surface area contributed by atoms with E-state index in [2.05, 4.69) is 48.5 Å². The van der Waals surface area contributed by atoms with Crippen LogP contribution in [0.5, 0.6) is 0 Å². The second kappa shape index (κ2) is 8.00. The molecule has 0 spiro atoms. The number of fused-ring (bicyclic) bond motifs is 2. The quantitative estimate of drug-likeness (QED) is 0.376. The minimum Gasteiger partial charge on any atom is -0.387 e. The lowest BCUT2D eigenvalue weighted by Crippen LogP contribution is -2.12. The molecule has 32 heavy (non-hydrogen) atoms. The minimum absolute atomic E-state index is 0.178. The molecule has 0 aliphatic carbocycles. The van der Waals surface area contributed by atoms with Crippen LogP contribution in [0.3, 0.4) is 0 Å². The van der Waals surface area contributed by atoms with E-state index in [0.717, 1.165) is 52.3 Å². The van der Waals surface area contributed by atoms with Crippen molar-refractivity contribution in [3.63, 3.8) is 0 Å². The maximum Gasteiger partial charge on any atom is 0.0950 e. The summed E-state index contributed by atoms with van der Waals surface area (Å²) in [7, 11) is 0. The molecular weight excluding hydrogens is 394 g/mol. The summed E-state index contributed by atoms with van der Waals surface area (Å²) in [5, 5.41) is 15.2. The van der Waals surface area contributed by atoms with Crippen LogP contribution >= 0.6 is 0 Å². The number of aliphatic imine (C=N–C) groups is 2. The Morgan fingerprint density at radius 1 is 0.750 bits per heavy atom. The summed E-state index contributed by atoms with van der Waals surface area (Å²) in [4.78, 5) is 9.66. The molecule has 3 aromatic rings. The Balaban J connectivity index is 1.31. The number of benzene rings is 3. The Morgan fingerprint density at radius 2 is 1.22 bits per heavy atom. The minimum atomic E-state index is 0.178. The van der Waals surface area contributed by atoms with Gasteiger partial charge in [0.15, 0.2) is 0 Å². The molecule has 0 unspecified atom stereocenters. The van der Waals surface area contributed by atoms with E-state index in [1.807, 2.05) is 19.1 Å². The molecule has 0 saturated heterocycles. The number of amidine groups is 1. The van der Waals surface area contributed by atoms with Crippen molar-refractivity contribution < 1.29 is 0 Å². The van der Waals surface area contributed by atoms with E-state index in [-0.39, 0.29) is 5.84 Å². The first-order chi connectivity index (χ1) is 15.4. The Morgan fingerprint density at radius 3 is 1.66 bits per heavy atom. The Bertz CT molecular complexity index is 1210. The third-order valence-electron chi connectivity index (χ3n) is 5.93. The Labute approximate surface area is 187 Å². The van der Waals surface area contributed by atoms with Crippen LogP contribution in [0.2, 0.25) is 0 Å². The summed E-state index contributed by atoms with van der Waals surface area (Å²) in [6.45, 7) is 1.84. The molecule has 0 radical (unpaired) electrons. The van der Waals surface area contributed by atoms with Gasteiger partial charge in [-0.3, -0.25) is 15.4 Å². The van der Waals surface area contributed by atoms with E-state index in [0.29, 0.717) is 18.6 Å². The fourth-order valence-electron chi connectivity index (χ4n) is 4.44. The highest BCUT2D eigenvalue weighted by atomic mass is 14.8. The van der Waals surface area contributed by atoms with Gasteiger partial charge < -0.3 is 11.1 Å². The molecular formula is C27H25N5. The number of rotatable bonds is 6. The average Bonchev–Trinajstić information content (AvgIpc) is 3.36. The van der Waals surface area contributed by atoms with Gasteiger partial charge in [0.2, 0.25) is 0 Å². The van der Waals surface area contributed by atoms with Crippen LogP contribution in [0.25, 0.3) is 0 Å². The molecule has 0 fully saturated rings. The molecule has 5 rings (SSSR count). The van der Waals surface area contributed by atoms with Crippen LogP contribution in [-0.2, 0) is 25.7 Å². The van der Waals surface area contributed by atoms with Gasteiger partial charge in [-0.2, -0.15) is 0 Å². The van der Waals surface area contributed by atoms with Crippen molar-refractivity contribution >= 4 is 34.3 Å². The van der Waals surface area contributed by atoms with Gasteiger partial charge in [-0.05, 0) is 52.4 Å². The topological polar surface area (TPSA) is 98.4 Å². The van der Waals surface area contributed by atoms with Crippen molar-refractivity contribution in [2.75, 3.05) is 0 Å². The second-order valence-electron chi connectivity index (χ2n) is 8.63. The van der Waals surface area contributed by atoms with Crippen LogP contribution < -0.4 is 5.73 Å². The molecule has 5 nitrogen and oxygen atoms in total. The lowest BCUT2D eigenvalue weighted by atomic mass is 9.98. The molecule has 0 aromatic heterocycles. The fourth-order valence-corrected chi connectivity index (χ4v) is 4.44. The zero-order valence-corrected chi connectivity index (χ0v) is 18.1. The number of nitrogens with zero attached hydrogens (tertiary/aromatic N) is 2. The van der Waals surface area contributed by atoms with E-state index < -0.39 is 0 Å². The van der Waals surface area contributed by atoms with Gasteiger partial charge in [-0.25, -0.2) is 0 Å².